The van der Waals surface area contributed by atoms with E-state index in [1.165, 1.54) is 38.2 Å². The quantitative estimate of drug-likeness (QED) is 0.843. The van der Waals surface area contributed by atoms with Crippen LogP contribution in [0, 0.1) is 11.7 Å². The molecule has 0 aliphatic heterocycles. The number of benzene rings is 1. The lowest BCUT2D eigenvalue weighted by Crippen LogP contribution is -2.34. The average molecular weight is 249 g/mol. The van der Waals surface area contributed by atoms with Crippen molar-refractivity contribution in [1.82, 2.24) is 0 Å². The van der Waals surface area contributed by atoms with Crippen LogP contribution in [0.2, 0.25) is 0 Å². The smallest absolute Gasteiger partial charge is 0.128 e. The van der Waals surface area contributed by atoms with Crippen molar-refractivity contribution in [3.05, 3.63) is 35.6 Å². The Morgan fingerprint density at radius 2 is 1.89 bits per heavy atom. The van der Waals surface area contributed by atoms with Crippen molar-refractivity contribution in [1.29, 1.82) is 0 Å². The van der Waals surface area contributed by atoms with Crippen LogP contribution in [0.3, 0.4) is 0 Å². The molecule has 1 aliphatic carbocycles. The van der Waals surface area contributed by atoms with Crippen LogP contribution >= 0.6 is 0 Å². The van der Waals surface area contributed by atoms with Crippen LogP contribution in [-0.4, -0.2) is 0 Å². The number of nitrogens with two attached hydrogens (primary N) is 1. The lowest BCUT2D eigenvalue weighted by molar-refractivity contribution is 0.294. The standard InChI is InChI=1S/C16H24FN/c1-16(18,14-9-5-6-10-15(14)17)12-11-13-7-3-2-4-8-13/h5-6,9-10,13H,2-4,7-8,11-12,18H2,1H3. The van der Waals surface area contributed by atoms with Crippen molar-refractivity contribution in [2.45, 2.75) is 57.4 Å². The van der Waals surface area contributed by atoms with Crippen LogP contribution in [0.15, 0.2) is 24.3 Å². The van der Waals surface area contributed by atoms with E-state index in [4.69, 9.17) is 5.73 Å². The van der Waals surface area contributed by atoms with E-state index in [1.54, 1.807) is 6.07 Å². The van der Waals surface area contributed by atoms with E-state index in [9.17, 15) is 4.39 Å². The molecule has 18 heavy (non-hydrogen) atoms. The first-order valence-corrected chi connectivity index (χ1v) is 7.13. The molecule has 1 atom stereocenters. The van der Waals surface area contributed by atoms with Crippen molar-refractivity contribution in [2.75, 3.05) is 0 Å². The molecule has 0 saturated heterocycles. The molecule has 0 radical (unpaired) electrons. The molecule has 0 bridgehead atoms. The summed E-state index contributed by atoms with van der Waals surface area (Å²) >= 11 is 0. The molecule has 100 valence electrons. The first-order valence-electron chi connectivity index (χ1n) is 7.13. The van der Waals surface area contributed by atoms with Crippen molar-refractivity contribution in [3.8, 4) is 0 Å². The molecule has 1 fully saturated rings. The molecule has 0 amide bonds. The Kier molecular flexibility index (Phi) is 4.39. The van der Waals surface area contributed by atoms with Gasteiger partial charge >= 0.3 is 0 Å². The van der Waals surface area contributed by atoms with E-state index in [0.29, 0.717) is 5.56 Å². The molecule has 1 aliphatic rings. The second kappa shape index (κ2) is 5.83. The Morgan fingerprint density at radius 3 is 2.56 bits per heavy atom. The molecule has 0 heterocycles. The van der Waals surface area contributed by atoms with E-state index >= 15 is 0 Å². The zero-order valence-electron chi connectivity index (χ0n) is 11.3. The average Bonchev–Trinajstić information content (AvgIpc) is 2.38. The van der Waals surface area contributed by atoms with Gasteiger partial charge in [0, 0.05) is 11.1 Å². The van der Waals surface area contributed by atoms with Crippen molar-refractivity contribution in [3.63, 3.8) is 0 Å². The molecule has 1 aromatic carbocycles. The van der Waals surface area contributed by atoms with E-state index in [2.05, 4.69) is 0 Å². The normalized spacial score (nSPS) is 20.6. The Labute approximate surface area is 110 Å². The van der Waals surface area contributed by atoms with Gasteiger partial charge in [-0.3, -0.25) is 0 Å². The molecule has 2 rings (SSSR count). The van der Waals surface area contributed by atoms with Crippen molar-refractivity contribution in [2.24, 2.45) is 11.7 Å². The predicted octanol–water partition coefficient (Wildman–Crippen LogP) is 4.36. The lowest BCUT2D eigenvalue weighted by Gasteiger charge is -2.29. The zero-order chi connectivity index (χ0) is 13.0. The molecule has 0 aromatic heterocycles. The Balaban J connectivity index is 1.96. The van der Waals surface area contributed by atoms with E-state index < -0.39 is 5.54 Å². The summed E-state index contributed by atoms with van der Waals surface area (Å²) in [5, 5.41) is 0. The van der Waals surface area contributed by atoms with Crippen LogP contribution in [0.25, 0.3) is 0 Å². The maximum atomic E-state index is 13.8. The summed E-state index contributed by atoms with van der Waals surface area (Å²) in [6, 6.07) is 6.90. The Hall–Kier alpha value is -0.890. The zero-order valence-corrected chi connectivity index (χ0v) is 11.3. The highest BCUT2D eigenvalue weighted by Gasteiger charge is 2.26. The lowest BCUT2D eigenvalue weighted by atomic mass is 9.80. The summed E-state index contributed by atoms with van der Waals surface area (Å²) in [5.74, 6) is 0.625. The van der Waals surface area contributed by atoms with Crippen LogP contribution in [-0.2, 0) is 5.54 Å². The maximum Gasteiger partial charge on any atom is 0.128 e. The van der Waals surface area contributed by atoms with Crippen LogP contribution in [0.4, 0.5) is 4.39 Å². The third-order valence-corrected chi connectivity index (χ3v) is 4.29. The molecular formula is C16H24FN. The highest BCUT2D eigenvalue weighted by atomic mass is 19.1. The van der Waals surface area contributed by atoms with Gasteiger partial charge in [-0.1, -0.05) is 50.3 Å². The van der Waals surface area contributed by atoms with Gasteiger partial charge in [0.25, 0.3) is 0 Å². The van der Waals surface area contributed by atoms with Gasteiger partial charge in [0.15, 0.2) is 0 Å². The molecule has 1 saturated carbocycles. The van der Waals surface area contributed by atoms with Gasteiger partial charge in [0.05, 0.1) is 0 Å². The van der Waals surface area contributed by atoms with Gasteiger partial charge in [0.1, 0.15) is 5.82 Å². The fraction of sp³-hybridized carbons (Fsp3) is 0.625. The van der Waals surface area contributed by atoms with Gasteiger partial charge in [-0.2, -0.15) is 0 Å². The summed E-state index contributed by atoms with van der Waals surface area (Å²) < 4.78 is 13.8. The third kappa shape index (κ3) is 3.32. The van der Waals surface area contributed by atoms with Crippen molar-refractivity contribution >= 4 is 0 Å². The summed E-state index contributed by atoms with van der Waals surface area (Å²) in [6.45, 7) is 1.95. The molecule has 1 nitrogen and oxygen atoms in total. The van der Waals surface area contributed by atoms with Crippen LogP contribution < -0.4 is 5.73 Å². The molecule has 2 N–H and O–H groups in total. The Bertz CT molecular complexity index is 380. The van der Waals surface area contributed by atoms with Crippen LogP contribution in [0.1, 0.15) is 57.4 Å². The molecule has 2 heteroatoms. The predicted molar refractivity (Wildman–Crippen MR) is 73.7 cm³/mol. The molecule has 1 unspecified atom stereocenters. The summed E-state index contributed by atoms with van der Waals surface area (Å²) in [4.78, 5) is 0. The minimum absolute atomic E-state index is 0.175. The topological polar surface area (TPSA) is 26.0 Å². The first kappa shape index (κ1) is 13.5. The van der Waals surface area contributed by atoms with Crippen LogP contribution in [0.5, 0.6) is 0 Å². The van der Waals surface area contributed by atoms with E-state index in [0.717, 1.165) is 18.8 Å². The van der Waals surface area contributed by atoms with Gasteiger partial charge in [-0.25, -0.2) is 4.39 Å². The molecule has 1 aromatic rings. The van der Waals surface area contributed by atoms with Gasteiger partial charge in [0.2, 0.25) is 0 Å². The van der Waals surface area contributed by atoms with Gasteiger partial charge < -0.3 is 5.73 Å². The summed E-state index contributed by atoms with van der Waals surface area (Å²) in [6.07, 6.45) is 8.74. The van der Waals surface area contributed by atoms with Gasteiger partial charge in [-0.05, 0) is 31.7 Å². The second-order valence-corrected chi connectivity index (χ2v) is 5.94. The maximum absolute atomic E-state index is 13.8. The number of rotatable bonds is 4. The molecular weight excluding hydrogens is 225 g/mol. The number of hydrogen-bond donors (Lipinski definition) is 1. The summed E-state index contributed by atoms with van der Waals surface area (Å²) in [7, 11) is 0. The fourth-order valence-corrected chi connectivity index (χ4v) is 3.04. The number of halogens is 1. The highest BCUT2D eigenvalue weighted by Crippen LogP contribution is 2.32. The monoisotopic (exact) mass is 249 g/mol. The minimum atomic E-state index is -0.539. The third-order valence-electron chi connectivity index (χ3n) is 4.29. The SMILES string of the molecule is CC(N)(CCC1CCCCC1)c1ccccc1F. The number of hydrogen-bond acceptors (Lipinski definition) is 1. The van der Waals surface area contributed by atoms with E-state index in [1.807, 2.05) is 19.1 Å². The first-order chi connectivity index (χ1) is 8.59. The van der Waals surface area contributed by atoms with Crippen molar-refractivity contribution < 1.29 is 4.39 Å². The van der Waals surface area contributed by atoms with E-state index in [-0.39, 0.29) is 5.82 Å². The largest absolute Gasteiger partial charge is 0.322 e. The second-order valence-electron chi connectivity index (χ2n) is 5.94. The Morgan fingerprint density at radius 1 is 1.22 bits per heavy atom. The summed E-state index contributed by atoms with van der Waals surface area (Å²) in [5.41, 5.74) is 6.43. The fourth-order valence-electron chi connectivity index (χ4n) is 3.04. The molecule has 0 spiro atoms. The highest BCUT2D eigenvalue weighted by molar-refractivity contribution is 5.24. The van der Waals surface area contributed by atoms with Gasteiger partial charge in [-0.15, -0.1) is 0 Å². The minimum Gasteiger partial charge on any atom is -0.322 e.